The lowest BCUT2D eigenvalue weighted by atomic mass is 9.90. The molecule has 4 fully saturated rings. The number of aromatic nitrogens is 2. The van der Waals surface area contributed by atoms with E-state index in [4.69, 9.17) is 28.9 Å². The number of hydrogen-bond acceptors (Lipinski definition) is 10. The summed E-state index contributed by atoms with van der Waals surface area (Å²) < 4.78 is 21.8. The first-order valence-electron chi connectivity index (χ1n) is 23.0. The number of rotatable bonds is 9. The Morgan fingerprint density at radius 3 is 2.48 bits per heavy atom. The van der Waals surface area contributed by atoms with Gasteiger partial charge in [-0.15, -0.1) is 0 Å². The topological polar surface area (TPSA) is 177 Å². The van der Waals surface area contributed by atoms with Crippen LogP contribution in [0.15, 0.2) is 53.7 Å². The fourth-order valence-electron chi connectivity index (χ4n) is 11.4. The predicted molar refractivity (Wildman–Crippen MR) is 239 cm³/mol. The minimum Gasteiger partial charge on any atom is -0.488 e. The van der Waals surface area contributed by atoms with Gasteiger partial charge in [0, 0.05) is 43.5 Å². The highest BCUT2D eigenvalue weighted by Gasteiger charge is 2.50. The molecule has 3 saturated heterocycles. The highest BCUT2D eigenvalue weighted by molar-refractivity contribution is 6.07. The molecule has 4 amide bonds. The lowest BCUT2D eigenvalue weighted by molar-refractivity contribution is -0.137. The first kappa shape index (κ1) is 42.0. The maximum atomic E-state index is 14.3. The van der Waals surface area contributed by atoms with Gasteiger partial charge >= 0.3 is 12.2 Å². The van der Waals surface area contributed by atoms with E-state index >= 15 is 0 Å². The first-order valence-corrected chi connectivity index (χ1v) is 23.0. The third-order valence-corrected chi connectivity index (χ3v) is 14.7. The van der Waals surface area contributed by atoms with Crippen LogP contribution in [-0.2, 0) is 36.8 Å². The average Bonchev–Trinajstić information content (AvgIpc) is 4.17. The quantitative estimate of drug-likeness (QED) is 0.155. The smallest absolute Gasteiger partial charge is 0.407 e. The Morgan fingerprint density at radius 1 is 0.875 bits per heavy atom. The standard InChI is InChI=1S/C49H57N7O8/c1-26(2)43(53-48(59)61-3)47(58)56-39-8-5-7-30(39)21-41(56)37-22-34-33-23-42-35(20-28(33)11-13-36(34)51-37)32-12-10-29(19-31(32)25-64-42)38-24-50-45(52-38)40-9-6-16-55(40)46(57)44(54-49(60)62-4)27-14-17-63-18-15-27/h10-13,19-20,23-24,26-27,30,39-41,43-44H,5-9,14-18,21-22,25H2,1-4H3,(H,50,52)(H,53,59)(H,54,60)/t30-,39-,40?,41-,43-,44+/m0/s1. The Labute approximate surface area is 372 Å². The van der Waals surface area contributed by atoms with Gasteiger partial charge in [0.15, 0.2) is 0 Å². The van der Waals surface area contributed by atoms with Gasteiger partial charge in [0.05, 0.1) is 43.9 Å². The minimum absolute atomic E-state index is 0.0357. The van der Waals surface area contributed by atoms with Crippen LogP contribution in [0.25, 0.3) is 33.2 Å². The second-order valence-corrected chi connectivity index (χ2v) is 18.6. The number of fused-ring (bicyclic) bond motifs is 7. The number of carbonyl (C=O) groups is 4. The van der Waals surface area contributed by atoms with Crippen LogP contribution in [0.2, 0.25) is 0 Å². The van der Waals surface area contributed by atoms with Gasteiger partial charge < -0.3 is 44.4 Å². The fraction of sp³-hybridized carbons (Fsp3) is 0.510. The zero-order valence-electron chi connectivity index (χ0n) is 37.0. The molecule has 5 aliphatic heterocycles. The zero-order valence-corrected chi connectivity index (χ0v) is 37.0. The van der Waals surface area contributed by atoms with Crippen LogP contribution in [0.3, 0.4) is 0 Å². The van der Waals surface area contributed by atoms with Gasteiger partial charge in [0.25, 0.3) is 0 Å². The Kier molecular flexibility index (Phi) is 11.3. The van der Waals surface area contributed by atoms with Crippen LogP contribution in [-0.4, -0.2) is 108 Å². The van der Waals surface area contributed by atoms with E-state index < -0.39 is 24.3 Å². The molecule has 4 aromatic rings. The van der Waals surface area contributed by atoms with Crippen LogP contribution < -0.4 is 15.4 Å². The first-order chi connectivity index (χ1) is 31.1. The molecule has 15 heteroatoms. The van der Waals surface area contributed by atoms with Crippen molar-refractivity contribution < 1.29 is 38.1 Å². The molecule has 0 bridgehead atoms. The summed E-state index contributed by atoms with van der Waals surface area (Å²) in [5.41, 5.74) is 8.12. The van der Waals surface area contributed by atoms with Crippen molar-refractivity contribution in [2.45, 2.75) is 108 Å². The summed E-state index contributed by atoms with van der Waals surface area (Å²) in [6.07, 6.45) is 8.29. The molecule has 6 aliphatic rings. The zero-order chi connectivity index (χ0) is 44.2. The number of H-pyrrole nitrogens is 1. The molecule has 6 atom stereocenters. The maximum Gasteiger partial charge on any atom is 0.407 e. The van der Waals surface area contributed by atoms with Gasteiger partial charge in [-0.3, -0.25) is 14.6 Å². The molecule has 3 aromatic carbocycles. The van der Waals surface area contributed by atoms with Crippen molar-refractivity contribution in [1.82, 2.24) is 30.4 Å². The molecule has 3 N–H and O–H groups in total. The minimum atomic E-state index is -0.694. The van der Waals surface area contributed by atoms with E-state index in [1.165, 1.54) is 14.2 Å². The van der Waals surface area contributed by atoms with Crippen molar-refractivity contribution in [2.24, 2.45) is 22.7 Å². The van der Waals surface area contributed by atoms with Crippen molar-refractivity contribution in [3.63, 3.8) is 0 Å². The van der Waals surface area contributed by atoms with Crippen LogP contribution in [0.1, 0.15) is 88.2 Å². The number of imidazole rings is 1. The van der Waals surface area contributed by atoms with Gasteiger partial charge in [0.1, 0.15) is 30.3 Å². The Bertz CT molecular complexity index is 2530. The molecule has 336 valence electrons. The molecule has 1 unspecified atom stereocenters. The van der Waals surface area contributed by atoms with E-state index in [0.717, 1.165) is 106 Å². The van der Waals surface area contributed by atoms with Crippen LogP contribution in [0.4, 0.5) is 15.3 Å². The van der Waals surface area contributed by atoms with E-state index in [0.29, 0.717) is 51.5 Å². The number of aliphatic imine (C=N–C) groups is 1. The molecule has 1 aromatic heterocycles. The Morgan fingerprint density at radius 2 is 1.69 bits per heavy atom. The predicted octanol–water partition coefficient (Wildman–Crippen LogP) is 7.38. The molecular formula is C49H57N7O8. The molecule has 1 saturated carbocycles. The van der Waals surface area contributed by atoms with E-state index in [1.54, 1.807) is 0 Å². The second-order valence-electron chi connectivity index (χ2n) is 18.6. The van der Waals surface area contributed by atoms with Crippen molar-refractivity contribution in [3.8, 4) is 28.1 Å². The molecular weight excluding hydrogens is 815 g/mol. The van der Waals surface area contributed by atoms with Gasteiger partial charge in [0.2, 0.25) is 11.8 Å². The third-order valence-electron chi connectivity index (χ3n) is 14.7. The highest BCUT2D eigenvalue weighted by Crippen LogP contribution is 2.47. The maximum absolute atomic E-state index is 14.3. The normalized spacial score (nSPS) is 23.4. The number of nitrogens with one attached hydrogen (secondary N) is 3. The number of ether oxygens (including phenoxy) is 4. The number of nitrogens with zero attached hydrogens (tertiary/aromatic N) is 4. The van der Waals surface area contributed by atoms with Crippen LogP contribution in [0.5, 0.6) is 5.75 Å². The second kappa shape index (κ2) is 17.2. The lowest BCUT2D eigenvalue weighted by Gasteiger charge is -2.34. The monoisotopic (exact) mass is 871 g/mol. The average molecular weight is 872 g/mol. The van der Waals surface area contributed by atoms with Crippen molar-refractivity contribution in [1.29, 1.82) is 0 Å². The molecule has 0 spiro atoms. The number of methoxy groups -OCH3 is 2. The summed E-state index contributed by atoms with van der Waals surface area (Å²) in [6, 6.07) is 13.4. The third kappa shape index (κ3) is 7.54. The molecule has 64 heavy (non-hydrogen) atoms. The van der Waals surface area contributed by atoms with Crippen LogP contribution in [0, 0.1) is 17.8 Å². The summed E-state index contributed by atoms with van der Waals surface area (Å²) in [7, 11) is 2.63. The van der Waals surface area contributed by atoms with Gasteiger partial charge in [-0.1, -0.05) is 38.5 Å². The number of likely N-dealkylation sites (tertiary alicyclic amines) is 2. The molecule has 10 rings (SSSR count). The summed E-state index contributed by atoms with van der Waals surface area (Å²) in [5.74, 6) is 1.66. The number of aromatic amines is 1. The van der Waals surface area contributed by atoms with E-state index in [1.807, 2.05) is 24.9 Å². The molecule has 15 nitrogen and oxygen atoms in total. The Balaban J connectivity index is 0.872. The summed E-state index contributed by atoms with van der Waals surface area (Å²) in [4.78, 5) is 70.5. The summed E-state index contributed by atoms with van der Waals surface area (Å²) in [6.45, 7) is 6.01. The van der Waals surface area contributed by atoms with E-state index in [2.05, 4.69) is 63.0 Å². The van der Waals surface area contributed by atoms with Gasteiger partial charge in [-0.2, -0.15) is 0 Å². The number of benzene rings is 3. The highest BCUT2D eigenvalue weighted by atomic mass is 16.5. The lowest BCUT2D eigenvalue weighted by Crippen LogP contribution is -2.56. The number of amides is 4. The number of alkyl carbamates (subject to hydrolysis) is 2. The van der Waals surface area contributed by atoms with E-state index in [9.17, 15) is 19.2 Å². The molecule has 6 heterocycles. The van der Waals surface area contributed by atoms with Gasteiger partial charge in [-0.25, -0.2) is 14.6 Å². The summed E-state index contributed by atoms with van der Waals surface area (Å²) in [5, 5.41) is 7.85. The Hall–Kier alpha value is -5.96. The fourth-order valence-corrected chi connectivity index (χ4v) is 11.4. The van der Waals surface area contributed by atoms with Crippen molar-refractivity contribution >= 4 is 46.2 Å². The largest absolute Gasteiger partial charge is 0.488 e. The van der Waals surface area contributed by atoms with Crippen molar-refractivity contribution in [3.05, 3.63) is 65.6 Å². The van der Waals surface area contributed by atoms with Gasteiger partial charge in [-0.05, 0) is 120 Å². The van der Waals surface area contributed by atoms with E-state index in [-0.39, 0.29) is 41.8 Å². The molecule has 0 radical (unpaired) electrons. The van der Waals surface area contributed by atoms with Crippen LogP contribution >= 0.6 is 0 Å². The van der Waals surface area contributed by atoms with Crippen molar-refractivity contribution in [2.75, 3.05) is 34.0 Å². The summed E-state index contributed by atoms with van der Waals surface area (Å²) >= 11 is 0. The number of hydrogen-bond donors (Lipinski definition) is 3. The molecule has 1 aliphatic carbocycles. The SMILES string of the molecule is COC(=O)N[C@H](C(=O)N1[C@H](C2=Nc3ccc4cc5c(cc4c3C2)OCc2cc(-c3cnc(C4CCCN4C(=O)[C@H](NC(=O)OC)C4CCOCC4)[nH]3)ccc2-5)C[C@@H]2CCC[C@@H]21)C(C)C. The number of carbonyl (C=O) groups excluding carboxylic acids is 4.